The number of aryl methyl sites for hydroxylation is 1. The van der Waals surface area contributed by atoms with Crippen molar-refractivity contribution in [3.8, 4) is 11.3 Å². The van der Waals surface area contributed by atoms with E-state index in [1.807, 2.05) is 61.7 Å². The number of rotatable bonds is 3. The molecule has 4 aromatic heterocycles. The van der Waals surface area contributed by atoms with Crippen LogP contribution < -0.4 is 67.0 Å². The molecule has 2 N–H and O–H groups in total. The summed E-state index contributed by atoms with van der Waals surface area (Å²) in [4.78, 5) is 17.0. The predicted octanol–water partition coefficient (Wildman–Crippen LogP) is 3.12. The van der Waals surface area contributed by atoms with E-state index < -0.39 is 15.4 Å². The molecule has 8 rings (SSSR count). The van der Waals surface area contributed by atoms with E-state index in [-0.39, 0.29) is 51.4 Å². The number of furan rings is 2. The first-order valence-corrected chi connectivity index (χ1v) is 34.5. The van der Waals surface area contributed by atoms with Crippen molar-refractivity contribution in [2.24, 2.45) is 0 Å². The standard InChI is InChI=1S/C18H13NO.C13H10BO3.C5H4ClN.CH4S.3K.HO4P/c1-12-6-4-7-13-14-8-5-9-15(18(14)20-17(12)13)16-10-2-3-11-19-16;1-8-4-2-5-9-10-6-3-7-11(14(15)16)13(10)17-12(8)9;6-5-3-1-2-4-7-5;1-2;;;;1-4-5(2)3/h2-11H,1H3;2-3,5-7,15-16H,1H3;1-4H;2H,1H3;;;;1H/q;+1;;;;;+1;/p-1. The Hall–Kier alpha value is 0.204. The number of aromatic nitrogens is 2. The third kappa shape index (κ3) is 14.2. The Kier molecular flexibility index (Phi) is 25.2. The van der Waals surface area contributed by atoms with Crippen LogP contribution in [0.2, 0.25) is 5.15 Å². The van der Waals surface area contributed by atoms with E-state index in [9.17, 15) is 10.0 Å². The topological polar surface area (TPSA) is 165 Å². The van der Waals surface area contributed by atoms with Crippen molar-refractivity contribution in [2.45, 2.75) is 13.8 Å². The third-order valence-electron chi connectivity index (χ3n) is 7.30. The van der Waals surface area contributed by atoms with Crippen LogP contribution in [0.5, 0.6) is 0 Å². The molecule has 1 aliphatic carbocycles. The number of hydrogen-bond acceptors (Lipinski definition) is 11. The molecule has 0 saturated carbocycles. The number of nitrogens with zero attached hydrogens (tertiary/aromatic N) is 2. The van der Waals surface area contributed by atoms with Gasteiger partial charge in [0, 0.05) is 40.3 Å². The molecule has 260 valence electrons. The van der Waals surface area contributed by atoms with Gasteiger partial charge in [0.05, 0.1) is 17.2 Å². The van der Waals surface area contributed by atoms with Crippen molar-refractivity contribution >= 4 is 153 Å². The van der Waals surface area contributed by atoms with Crippen LogP contribution in [0.25, 0.3) is 55.8 Å². The molecule has 0 fully saturated rings. The van der Waals surface area contributed by atoms with Gasteiger partial charge in [0.15, 0.2) is 11.2 Å². The summed E-state index contributed by atoms with van der Waals surface area (Å²) in [6.07, 6.45) is 12.0. The molecule has 7 aromatic rings. The molecule has 1 atom stereocenters. The van der Waals surface area contributed by atoms with Gasteiger partial charge in [-0.2, -0.15) is 12.6 Å². The Morgan fingerprint density at radius 3 is 1.98 bits per heavy atom. The van der Waals surface area contributed by atoms with E-state index in [1.54, 1.807) is 30.7 Å². The molecule has 4 heterocycles. The summed E-state index contributed by atoms with van der Waals surface area (Å²) < 4.78 is 23.2. The normalized spacial score (nSPS) is 10.8. The average molecular weight is 858 g/mol. The summed E-state index contributed by atoms with van der Waals surface area (Å²) >= 11 is 11.5. The Balaban J connectivity index is 0.000000267. The fraction of sp³-hybridized carbons (Fsp3) is 0.0811. The van der Waals surface area contributed by atoms with E-state index in [2.05, 4.69) is 76.7 Å². The van der Waals surface area contributed by atoms with E-state index >= 15 is 0 Å². The van der Waals surface area contributed by atoms with Crippen molar-refractivity contribution < 1.29 is 89.7 Å². The average Bonchev–Trinajstić information content (AvgIpc) is 3.78. The van der Waals surface area contributed by atoms with Crippen LogP contribution >= 0.6 is 32.5 Å². The van der Waals surface area contributed by atoms with Gasteiger partial charge in [-0.3, -0.25) is 4.98 Å². The van der Waals surface area contributed by atoms with Gasteiger partial charge in [-0.15, -0.1) is 0 Å². The third-order valence-corrected chi connectivity index (χ3v) is 7.65. The second kappa shape index (κ2) is 27.1. The van der Waals surface area contributed by atoms with Crippen LogP contribution in [0.4, 0.5) is 0 Å². The van der Waals surface area contributed by atoms with Gasteiger partial charge < -0.3 is 29.0 Å². The number of benzene rings is 3. The van der Waals surface area contributed by atoms with Crippen molar-refractivity contribution in [1.82, 2.24) is 9.97 Å². The zero-order chi connectivity index (χ0) is 38.9. The molecule has 1 unspecified atom stereocenters. The number of fused-ring (bicyclic) bond motifs is 6. The van der Waals surface area contributed by atoms with Gasteiger partial charge in [0.1, 0.15) is 28.0 Å². The Labute approximate surface area is 412 Å². The molecule has 17 heteroatoms. The summed E-state index contributed by atoms with van der Waals surface area (Å²) in [5.41, 5.74) is 7.81. The first-order valence-electron chi connectivity index (χ1n) is 16.2. The molecule has 0 amide bonds. The molecule has 54 heavy (non-hydrogen) atoms. The molecule has 0 bridgehead atoms. The first kappa shape index (κ1) is 50.3. The second-order valence-corrected chi connectivity index (χ2v) is 11.4. The van der Waals surface area contributed by atoms with Crippen molar-refractivity contribution in [3.63, 3.8) is 0 Å². The van der Waals surface area contributed by atoms with E-state index in [0.717, 1.165) is 61.0 Å². The number of para-hydroxylation sites is 3. The van der Waals surface area contributed by atoms with Gasteiger partial charge in [0.25, 0.3) is 5.76 Å². The van der Waals surface area contributed by atoms with Gasteiger partial charge in [0.2, 0.25) is 0 Å². The van der Waals surface area contributed by atoms with Crippen LogP contribution in [-0.2, 0) is 9.24 Å². The molecular weight excluding hydrogens is 827 g/mol. The van der Waals surface area contributed by atoms with E-state index in [0.29, 0.717) is 16.2 Å². The summed E-state index contributed by atoms with van der Waals surface area (Å²) in [5.74, 6) is 0.746. The van der Waals surface area contributed by atoms with Gasteiger partial charge >= 0.3 is 130 Å². The SMILES string of the molecule is CC1=[C+]C=Cc2c1oc1c(B(O)O)cccc21.CS.Cc1cccc2c1oc1c(-c3ccccn3)cccc12.Clc1ccccn1.O=[P+]([O-])O[O-].[K+].[K][K]. The van der Waals surface area contributed by atoms with Crippen molar-refractivity contribution in [1.29, 1.82) is 0 Å². The van der Waals surface area contributed by atoms with Crippen LogP contribution in [0.1, 0.15) is 23.8 Å². The van der Waals surface area contributed by atoms with Crippen molar-refractivity contribution in [3.05, 3.63) is 138 Å². The van der Waals surface area contributed by atoms with E-state index in [1.165, 1.54) is 63.2 Å². The maximum absolute atomic E-state index is 9.30. The summed E-state index contributed by atoms with van der Waals surface area (Å²) in [6.45, 7) is 3.99. The van der Waals surface area contributed by atoms with E-state index in [4.69, 9.17) is 35.2 Å². The monoisotopic (exact) mass is 857 g/mol. The number of allylic oxidation sites excluding steroid dienone is 3. The zero-order valence-corrected chi connectivity index (χ0v) is 42.5. The molecule has 3 aromatic carbocycles. The quantitative estimate of drug-likeness (QED) is 0.0458. The van der Waals surface area contributed by atoms with Crippen LogP contribution in [0.3, 0.4) is 0 Å². The van der Waals surface area contributed by atoms with Gasteiger partial charge in [-0.25, -0.2) is 9.66 Å². The van der Waals surface area contributed by atoms with Gasteiger partial charge in [-0.1, -0.05) is 66.2 Å². The minimum atomic E-state index is -3.15. The second-order valence-electron chi connectivity index (χ2n) is 10.4. The fourth-order valence-electron chi connectivity index (χ4n) is 5.15. The number of thiol groups is 1. The Bertz CT molecular complexity index is 2300. The Morgan fingerprint density at radius 1 is 0.833 bits per heavy atom. The predicted molar refractivity (Wildman–Crippen MR) is 213 cm³/mol. The fourth-order valence-corrected chi connectivity index (χ4v) is 5.28. The zero-order valence-electron chi connectivity index (χ0n) is 30.6. The molecular formula is C37H31BClK3N2O8PS+. The van der Waals surface area contributed by atoms with Crippen molar-refractivity contribution in [2.75, 3.05) is 6.26 Å². The first-order chi connectivity index (χ1) is 25.7. The number of halogens is 1. The summed E-state index contributed by atoms with van der Waals surface area (Å²) in [7, 11) is -4.68. The molecule has 1 aliphatic rings. The molecule has 0 saturated heterocycles. The van der Waals surface area contributed by atoms with Crippen LogP contribution in [-0.4, -0.2) is 96.5 Å². The minimum absolute atomic E-state index is 0. The molecule has 10 nitrogen and oxygen atoms in total. The number of hydrogen-bond donors (Lipinski definition) is 3. The molecule has 0 aliphatic heterocycles. The molecule has 0 radical (unpaired) electrons. The maximum atomic E-state index is 9.30. The summed E-state index contributed by atoms with van der Waals surface area (Å²) in [5, 5.41) is 30.9. The summed E-state index contributed by atoms with van der Waals surface area (Å²) in [6, 6.07) is 29.2. The van der Waals surface area contributed by atoms with Crippen LogP contribution in [0.15, 0.2) is 118 Å². The van der Waals surface area contributed by atoms with Crippen LogP contribution in [0, 0.1) is 13.0 Å². The molecule has 0 spiro atoms. The van der Waals surface area contributed by atoms with Gasteiger partial charge in [-0.05, 0) is 66.6 Å². The number of pyridine rings is 2. The Morgan fingerprint density at radius 2 is 1.43 bits per heavy atom.